The number of ether oxygens (including phenoxy) is 3. The van der Waals surface area contributed by atoms with Gasteiger partial charge in [-0.3, -0.25) is 9.36 Å². The van der Waals surface area contributed by atoms with Crippen LogP contribution in [-0.2, 0) is 9.53 Å². The molecular formula is C27H28N2O6S. The Morgan fingerprint density at radius 1 is 1.22 bits per heavy atom. The molecule has 8 nitrogen and oxygen atoms in total. The Morgan fingerprint density at radius 3 is 2.64 bits per heavy atom. The van der Waals surface area contributed by atoms with E-state index in [0.717, 1.165) is 0 Å². The van der Waals surface area contributed by atoms with Gasteiger partial charge in [0.05, 0.1) is 41.7 Å². The number of benzene rings is 2. The van der Waals surface area contributed by atoms with Gasteiger partial charge in [0.1, 0.15) is 5.75 Å². The first kappa shape index (κ1) is 25.2. The number of thiazole rings is 1. The second-order valence-corrected chi connectivity index (χ2v) is 9.45. The van der Waals surface area contributed by atoms with E-state index < -0.39 is 12.0 Å². The van der Waals surface area contributed by atoms with Crippen LogP contribution in [0.25, 0.3) is 6.08 Å². The highest BCUT2D eigenvalue weighted by molar-refractivity contribution is 7.07. The first-order valence-electron chi connectivity index (χ1n) is 11.6. The monoisotopic (exact) mass is 508 g/mol. The zero-order valence-electron chi connectivity index (χ0n) is 20.8. The van der Waals surface area contributed by atoms with Gasteiger partial charge < -0.3 is 19.3 Å². The summed E-state index contributed by atoms with van der Waals surface area (Å²) in [5.74, 6) is 0.561. The topological polar surface area (TPSA) is 99.4 Å². The minimum absolute atomic E-state index is 0.0611. The van der Waals surface area contributed by atoms with E-state index in [-0.39, 0.29) is 29.6 Å². The number of aromatic hydroxyl groups is 1. The fourth-order valence-corrected chi connectivity index (χ4v) is 5.10. The number of fused-ring (bicyclic) bond motifs is 1. The van der Waals surface area contributed by atoms with Crippen LogP contribution in [0.5, 0.6) is 17.2 Å². The maximum absolute atomic E-state index is 13.7. The number of hydrogen-bond acceptors (Lipinski definition) is 8. The van der Waals surface area contributed by atoms with Crippen molar-refractivity contribution in [3.05, 3.63) is 84.5 Å². The van der Waals surface area contributed by atoms with E-state index in [0.29, 0.717) is 37.7 Å². The molecule has 4 rings (SSSR count). The Labute approximate surface area is 212 Å². The van der Waals surface area contributed by atoms with Gasteiger partial charge >= 0.3 is 5.97 Å². The molecule has 1 unspecified atom stereocenters. The second-order valence-electron chi connectivity index (χ2n) is 8.44. The van der Waals surface area contributed by atoms with Crippen molar-refractivity contribution >= 4 is 23.4 Å². The molecule has 0 saturated carbocycles. The van der Waals surface area contributed by atoms with Crippen LogP contribution in [0.15, 0.2) is 63.5 Å². The highest BCUT2D eigenvalue weighted by Gasteiger charge is 2.34. The molecule has 0 amide bonds. The van der Waals surface area contributed by atoms with Gasteiger partial charge in [-0.25, -0.2) is 9.79 Å². The standard InChI is InChI=1S/C27H28N2O6S/c1-6-34-26(32)23-16(4)28-27-29(25(31)22(36-27)14-17-9-7-8-10-19(17)30)24(23)18-11-12-20(35-15(2)3)21(13-18)33-5/h7-15,24,30H,6H2,1-5H3. The molecule has 0 fully saturated rings. The van der Waals surface area contributed by atoms with Crippen molar-refractivity contribution in [1.29, 1.82) is 0 Å². The smallest absolute Gasteiger partial charge is 0.338 e. The highest BCUT2D eigenvalue weighted by atomic mass is 32.1. The van der Waals surface area contributed by atoms with Crippen molar-refractivity contribution in [3.63, 3.8) is 0 Å². The second kappa shape index (κ2) is 10.4. The van der Waals surface area contributed by atoms with Gasteiger partial charge in [-0.05, 0) is 57.5 Å². The molecule has 1 aromatic heterocycles. The van der Waals surface area contributed by atoms with E-state index in [4.69, 9.17) is 14.2 Å². The summed E-state index contributed by atoms with van der Waals surface area (Å²) in [5, 5.41) is 10.2. The molecule has 9 heteroatoms. The summed E-state index contributed by atoms with van der Waals surface area (Å²) in [6.45, 7) is 7.48. The van der Waals surface area contributed by atoms with Crippen LogP contribution < -0.4 is 24.4 Å². The number of allylic oxidation sites excluding steroid dienone is 1. The van der Waals surface area contributed by atoms with Gasteiger partial charge in [-0.2, -0.15) is 0 Å². The lowest BCUT2D eigenvalue weighted by Crippen LogP contribution is -2.40. The van der Waals surface area contributed by atoms with Crippen molar-refractivity contribution in [2.45, 2.75) is 39.8 Å². The number of phenolic OH excluding ortho intramolecular Hbond substituents is 1. The molecule has 1 aliphatic rings. The summed E-state index contributed by atoms with van der Waals surface area (Å²) >= 11 is 1.19. The van der Waals surface area contributed by atoms with Crippen molar-refractivity contribution in [3.8, 4) is 17.2 Å². The SMILES string of the molecule is CCOC(=O)C1=C(C)N=c2sc(=Cc3ccccc3O)c(=O)n2C1c1ccc(OC(C)C)c(OC)c1. The molecule has 2 aromatic carbocycles. The van der Waals surface area contributed by atoms with Crippen LogP contribution in [0, 0.1) is 0 Å². The maximum Gasteiger partial charge on any atom is 0.338 e. The van der Waals surface area contributed by atoms with Crippen LogP contribution >= 0.6 is 11.3 Å². The van der Waals surface area contributed by atoms with E-state index in [1.54, 1.807) is 56.3 Å². The van der Waals surface area contributed by atoms with Crippen molar-refractivity contribution < 1.29 is 24.1 Å². The largest absolute Gasteiger partial charge is 0.507 e. The van der Waals surface area contributed by atoms with Gasteiger partial charge in [0.15, 0.2) is 16.3 Å². The van der Waals surface area contributed by atoms with E-state index in [9.17, 15) is 14.7 Å². The number of nitrogens with zero attached hydrogens (tertiary/aromatic N) is 2. The number of methoxy groups -OCH3 is 1. The molecule has 188 valence electrons. The van der Waals surface area contributed by atoms with Gasteiger partial charge in [0.25, 0.3) is 5.56 Å². The number of carbonyl (C=O) groups is 1. The fourth-order valence-electron chi connectivity index (χ4n) is 4.06. The molecule has 0 bridgehead atoms. The van der Waals surface area contributed by atoms with Gasteiger partial charge in [-0.15, -0.1) is 0 Å². The van der Waals surface area contributed by atoms with Gasteiger partial charge in [0.2, 0.25) is 0 Å². The van der Waals surface area contributed by atoms with Crippen molar-refractivity contribution in [2.24, 2.45) is 4.99 Å². The quantitative estimate of drug-likeness (QED) is 0.492. The van der Waals surface area contributed by atoms with Crippen molar-refractivity contribution in [2.75, 3.05) is 13.7 Å². The van der Waals surface area contributed by atoms with E-state index in [1.807, 2.05) is 19.9 Å². The number of phenols is 1. The first-order valence-corrected chi connectivity index (χ1v) is 12.4. The summed E-state index contributed by atoms with van der Waals surface area (Å²) in [7, 11) is 1.54. The lowest BCUT2D eigenvalue weighted by molar-refractivity contribution is -0.139. The molecule has 36 heavy (non-hydrogen) atoms. The van der Waals surface area contributed by atoms with Crippen LogP contribution in [0.4, 0.5) is 0 Å². The Bertz CT molecular complexity index is 1520. The normalized spacial score (nSPS) is 15.5. The number of para-hydroxylation sites is 1. The molecule has 0 radical (unpaired) electrons. The minimum Gasteiger partial charge on any atom is -0.507 e. The van der Waals surface area contributed by atoms with Crippen LogP contribution in [0.3, 0.4) is 0 Å². The Hall–Kier alpha value is -3.85. The van der Waals surface area contributed by atoms with Crippen LogP contribution in [0.2, 0.25) is 0 Å². The number of carbonyl (C=O) groups excluding carboxylic acids is 1. The molecule has 0 aliphatic carbocycles. The zero-order valence-corrected chi connectivity index (χ0v) is 21.6. The van der Waals surface area contributed by atoms with E-state index in [1.165, 1.54) is 23.0 Å². The maximum atomic E-state index is 13.7. The molecule has 1 aliphatic heterocycles. The molecule has 1 N–H and O–H groups in total. The molecule has 0 saturated heterocycles. The van der Waals surface area contributed by atoms with Gasteiger partial charge in [0, 0.05) is 5.56 Å². The third-order valence-corrected chi connectivity index (χ3v) is 6.59. The van der Waals surface area contributed by atoms with Crippen LogP contribution in [-0.4, -0.2) is 35.5 Å². The molecular weight excluding hydrogens is 480 g/mol. The number of aromatic nitrogens is 1. The fraction of sp³-hybridized carbons (Fsp3) is 0.296. The third-order valence-electron chi connectivity index (χ3n) is 5.61. The summed E-state index contributed by atoms with van der Waals surface area (Å²) in [6, 6.07) is 11.3. The minimum atomic E-state index is -0.783. The third kappa shape index (κ3) is 4.79. The number of rotatable bonds is 7. The predicted octanol–water partition coefficient (Wildman–Crippen LogP) is 3.30. The number of hydrogen-bond donors (Lipinski definition) is 1. The predicted molar refractivity (Wildman–Crippen MR) is 137 cm³/mol. The molecule has 1 atom stereocenters. The highest BCUT2D eigenvalue weighted by Crippen LogP contribution is 2.36. The zero-order chi connectivity index (χ0) is 26.0. The molecule has 2 heterocycles. The van der Waals surface area contributed by atoms with E-state index in [2.05, 4.69) is 4.99 Å². The Kier molecular flexibility index (Phi) is 7.30. The molecule has 0 spiro atoms. The first-order chi connectivity index (χ1) is 17.2. The summed E-state index contributed by atoms with van der Waals surface area (Å²) in [5.41, 5.74) is 1.57. The van der Waals surface area contributed by atoms with Gasteiger partial charge in [-0.1, -0.05) is 35.6 Å². The summed E-state index contributed by atoms with van der Waals surface area (Å²) in [6.07, 6.45) is 1.56. The Morgan fingerprint density at radius 2 is 1.97 bits per heavy atom. The van der Waals surface area contributed by atoms with E-state index >= 15 is 0 Å². The Balaban J connectivity index is 1.96. The molecule has 3 aromatic rings. The van der Waals surface area contributed by atoms with Crippen LogP contribution in [0.1, 0.15) is 44.9 Å². The lowest BCUT2D eigenvalue weighted by atomic mass is 9.95. The van der Waals surface area contributed by atoms with Crippen molar-refractivity contribution in [1.82, 2.24) is 4.57 Å². The average molecular weight is 509 g/mol. The summed E-state index contributed by atoms with van der Waals surface area (Å²) < 4.78 is 18.6. The average Bonchev–Trinajstić information content (AvgIpc) is 3.14. The number of esters is 1. The lowest BCUT2D eigenvalue weighted by Gasteiger charge is -2.25. The summed E-state index contributed by atoms with van der Waals surface area (Å²) in [4.78, 5) is 31.8.